The van der Waals surface area contributed by atoms with E-state index in [1.165, 1.54) is 13.4 Å². The molecular weight excluding hydrogens is 330 g/mol. The second-order valence-corrected chi connectivity index (χ2v) is 6.53. The minimum absolute atomic E-state index is 0.0638. The Morgan fingerprint density at radius 3 is 2.58 bits per heavy atom. The van der Waals surface area contributed by atoms with Crippen molar-refractivity contribution in [2.24, 2.45) is 0 Å². The average Bonchev–Trinajstić information content (AvgIpc) is 2.59. The Balaban J connectivity index is 2.80. The monoisotopic (exact) mass is 351 g/mol. The van der Waals surface area contributed by atoms with Crippen molar-refractivity contribution in [1.82, 2.24) is 4.90 Å². The number of carbonyl (C=O) groups is 2. The summed E-state index contributed by atoms with van der Waals surface area (Å²) >= 11 is -1.11. The Hall–Kier alpha value is -2.17. The molecule has 0 N–H and O–H groups in total. The zero-order valence-electron chi connectivity index (χ0n) is 13.8. The van der Waals surface area contributed by atoms with Crippen LogP contribution in [0.15, 0.2) is 30.3 Å². The summed E-state index contributed by atoms with van der Waals surface area (Å²) in [4.78, 5) is 25.4. The van der Waals surface area contributed by atoms with Crippen LogP contribution in [0.5, 0.6) is 0 Å². The van der Waals surface area contributed by atoms with Gasteiger partial charge in [-0.05, 0) is 5.56 Å². The molecule has 0 saturated heterocycles. The van der Waals surface area contributed by atoms with E-state index in [4.69, 9.17) is 15.9 Å². The molecule has 0 aliphatic rings. The lowest BCUT2D eigenvalue weighted by Gasteiger charge is -2.27. The van der Waals surface area contributed by atoms with Crippen molar-refractivity contribution in [3.05, 3.63) is 35.9 Å². The van der Waals surface area contributed by atoms with Gasteiger partial charge in [-0.1, -0.05) is 47.4 Å². The molecule has 0 bridgehead atoms. The van der Waals surface area contributed by atoms with Gasteiger partial charge in [0.1, 0.15) is 18.4 Å². The number of terminal acetylenes is 1. The molecule has 0 saturated carbocycles. The van der Waals surface area contributed by atoms with Crippen LogP contribution in [-0.4, -0.2) is 53.2 Å². The smallest absolute Gasteiger partial charge is 0.411 e. The van der Waals surface area contributed by atoms with Crippen LogP contribution < -0.4 is 0 Å². The van der Waals surface area contributed by atoms with Gasteiger partial charge in [0.15, 0.2) is 0 Å². The van der Waals surface area contributed by atoms with Crippen molar-refractivity contribution >= 4 is 23.2 Å². The van der Waals surface area contributed by atoms with Crippen LogP contribution in [0.1, 0.15) is 12.0 Å². The van der Waals surface area contributed by atoms with E-state index in [0.29, 0.717) is 0 Å². The Morgan fingerprint density at radius 1 is 1.38 bits per heavy atom. The number of rotatable bonds is 8. The predicted molar refractivity (Wildman–Crippen MR) is 91.5 cm³/mol. The Labute approximate surface area is 145 Å². The fraction of sp³-hybridized carbons (Fsp3) is 0.412. The van der Waals surface area contributed by atoms with Crippen LogP contribution in [0.25, 0.3) is 0 Å². The first-order chi connectivity index (χ1) is 11.5. The Kier molecular flexibility index (Phi) is 8.76. The van der Waals surface area contributed by atoms with Gasteiger partial charge >= 0.3 is 12.1 Å². The molecule has 7 heteroatoms. The number of hydrogen-bond donors (Lipinski definition) is 0. The van der Waals surface area contributed by atoms with Gasteiger partial charge in [-0.3, -0.25) is 4.90 Å². The zero-order valence-corrected chi connectivity index (χ0v) is 14.6. The number of nitrogens with zero attached hydrogens (tertiary/aromatic N) is 1. The van der Waals surface area contributed by atoms with E-state index in [1.807, 2.05) is 30.3 Å². The molecule has 0 radical (unpaired) electrons. The van der Waals surface area contributed by atoms with Gasteiger partial charge in [0, 0.05) is 6.42 Å². The van der Waals surface area contributed by atoms with Gasteiger partial charge < -0.3 is 14.0 Å². The highest BCUT2D eigenvalue weighted by Crippen LogP contribution is 2.12. The fourth-order valence-corrected chi connectivity index (χ4v) is 2.57. The summed E-state index contributed by atoms with van der Waals surface area (Å²) in [5.74, 6) is 1.96. The summed E-state index contributed by atoms with van der Waals surface area (Å²) < 4.78 is 21.3. The molecule has 24 heavy (non-hydrogen) atoms. The molecule has 1 aromatic carbocycles. The zero-order chi connectivity index (χ0) is 17.9. The summed E-state index contributed by atoms with van der Waals surface area (Å²) in [6, 6.07) is 8.21. The Morgan fingerprint density at radius 2 is 2.04 bits per heavy atom. The van der Waals surface area contributed by atoms with E-state index in [-0.39, 0.29) is 25.3 Å². The number of hydrogen-bond acceptors (Lipinski definition) is 5. The molecule has 1 aromatic rings. The maximum absolute atomic E-state index is 12.3. The summed E-state index contributed by atoms with van der Waals surface area (Å²) in [5, 5.41) is 0. The van der Waals surface area contributed by atoms with E-state index in [1.54, 1.807) is 0 Å². The van der Waals surface area contributed by atoms with Crippen LogP contribution in [0.4, 0.5) is 4.79 Å². The summed E-state index contributed by atoms with van der Waals surface area (Å²) in [6.45, 7) is -0.0436. The third kappa shape index (κ3) is 6.52. The van der Waals surface area contributed by atoms with Crippen molar-refractivity contribution in [2.45, 2.75) is 19.1 Å². The molecule has 0 heterocycles. The molecule has 0 aromatic heterocycles. The van der Waals surface area contributed by atoms with E-state index in [2.05, 4.69) is 5.92 Å². The van der Waals surface area contributed by atoms with Crippen molar-refractivity contribution in [3.8, 4) is 12.3 Å². The van der Waals surface area contributed by atoms with Crippen molar-refractivity contribution in [3.63, 3.8) is 0 Å². The third-order valence-electron chi connectivity index (χ3n) is 3.23. The molecule has 1 rings (SSSR count). The number of ether oxygens (including phenoxy) is 2. The molecule has 0 aliphatic heterocycles. The number of carbonyl (C=O) groups excluding carboxylic acids is 2. The largest absolute Gasteiger partial charge is 0.617 e. The van der Waals surface area contributed by atoms with Gasteiger partial charge in [-0.25, -0.2) is 9.59 Å². The predicted octanol–water partition coefficient (Wildman–Crippen LogP) is 1.57. The molecule has 130 valence electrons. The normalized spacial score (nSPS) is 12.6. The third-order valence-corrected chi connectivity index (χ3v) is 4.04. The highest BCUT2D eigenvalue weighted by molar-refractivity contribution is 7.90. The van der Waals surface area contributed by atoms with E-state index in [9.17, 15) is 14.1 Å². The minimum Gasteiger partial charge on any atom is -0.617 e. The van der Waals surface area contributed by atoms with Gasteiger partial charge in [0.05, 0.1) is 19.9 Å². The number of esters is 1. The van der Waals surface area contributed by atoms with Gasteiger partial charge in [0.2, 0.25) is 0 Å². The molecule has 0 fully saturated rings. The maximum Gasteiger partial charge on any atom is 0.411 e. The van der Waals surface area contributed by atoms with Crippen LogP contribution in [0, 0.1) is 12.3 Å². The first kappa shape index (κ1) is 19.9. The van der Waals surface area contributed by atoms with E-state index >= 15 is 0 Å². The van der Waals surface area contributed by atoms with Crippen molar-refractivity contribution < 1.29 is 23.6 Å². The maximum atomic E-state index is 12.3. The number of methoxy groups -OCH3 is 1. The molecule has 1 amide bonds. The van der Waals surface area contributed by atoms with Crippen LogP contribution in [0.3, 0.4) is 0 Å². The second kappa shape index (κ2) is 10.6. The van der Waals surface area contributed by atoms with Crippen LogP contribution in [-0.2, 0) is 32.1 Å². The van der Waals surface area contributed by atoms with Gasteiger partial charge in [-0.15, -0.1) is 6.42 Å². The first-order valence-corrected chi connectivity index (χ1v) is 9.01. The lowest BCUT2D eigenvalue weighted by molar-refractivity contribution is -0.146. The van der Waals surface area contributed by atoms with Crippen molar-refractivity contribution in [2.75, 3.05) is 25.7 Å². The van der Waals surface area contributed by atoms with Gasteiger partial charge in [-0.2, -0.15) is 0 Å². The van der Waals surface area contributed by atoms with Crippen molar-refractivity contribution in [1.29, 1.82) is 0 Å². The molecule has 0 aliphatic carbocycles. The summed E-state index contributed by atoms with van der Waals surface area (Å²) in [6.07, 6.45) is 6.28. The lowest BCUT2D eigenvalue weighted by atomic mass is 10.2. The topological polar surface area (TPSA) is 78.9 Å². The van der Waals surface area contributed by atoms with E-state index < -0.39 is 29.3 Å². The standard InChI is InChI=1S/C17H21NO5S/c1-4-11-18(15(16(19)22-2)10-12-24(3)21)17(20)23-13-14-8-6-5-7-9-14/h1,5-9,15H,10-13H2,2-3H3/t15-,24-/m0/s1. The molecule has 2 atom stereocenters. The highest BCUT2D eigenvalue weighted by Gasteiger charge is 2.32. The van der Waals surface area contributed by atoms with Crippen LogP contribution in [0.2, 0.25) is 0 Å². The number of amides is 1. The second-order valence-electron chi connectivity index (χ2n) is 4.98. The minimum atomic E-state index is -1.11. The molecule has 6 nitrogen and oxygen atoms in total. The summed E-state index contributed by atoms with van der Waals surface area (Å²) in [7, 11) is 1.22. The number of benzene rings is 1. The molecule has 0 unspecified atom stereocenters. The molecule has 0 spiro atoms. The fourth-order valence-electron chi connectivity index (χ4n) is 2.02. The lowest BCUT2D eigenvalue weighted by Crippen LogP contribution is -2.47. The quantitative estimate of drug-likeness (QED) is 0.403. The highest BCUT2D eigenvalue weighted by atomic mass is 32.2. The van der Waals surface area contributed by atoms with E-state index in [0.717, 1.165) is 10.5 Å². The summed E-state index contributed by atoms with van der Waals surface area (Å²) in [5.41, 5.74) is 0.816. The van der Waals surface area contributed by atoms with Crippen LogP contribution >= 0.6 is 0 Å². The Bertz CT molecular complexity index is 570. The SMILES string of the molecule is C#CCN(C(=O)OCc1ccccc1)[C@@H](CC[S@+](C)[O-])C(=O)OC. The van der Waals surface area contributed by atoms with Gasteiger partial charge in [0.25, 0.3) is 0 Å². The molecular formula is C17H21NO5S. The first-order valence-electron chi connectivity index (χ1n) is 7.28. The average molecular weight is 351 g/mol.